The zero-order chi connectivity index (χ0) is 21.8. The molecule has 0 saturated carbocycles. The lowest BCUT2D eigenvalue weighted by Crippen LogP contribution is -2.45. The van der Waals surface area contributed by atoms with Crippen LogP contribution in [0.1, 0.15) is 39.5 Å². The zero-order valence-electron chi connectivity index (χ0n) is 17.4. The Hall–Kier alpha value is -2.68. The third-order valence-corrected chi connectivity index (χ3v) is 6.41. The summed E-state index contributed by atoms with van der Waals surface area (Å²) in [5.74, 6) is -0.506. The van der Waals surface area contributed by atoms with Gasteiger partial charge in [0.2, 0.25) is 0 Å². The Morgan fingerprint density at radius 3 is 2.65 bits per heavy atom. The third-order valence-electron chi connectivity index (χ3n) is 5.58. The number of aromatic nitrogens is 2. The molecule has 0 aliphatic carbocycles. The molecule has 2 aromatic heterocycles. The first-order valence-electron chi connectivity index (χ1n) is 10.2. The molecule has 8 heteroatoms. The number of hydrogen-bond acceptors (Lipinski definition) is 6. The fraction of sp³-hybridized carbons (Fsp3) is 0.348. The average molecular weight is 441 g/mol. The van der Waals surface area contributed by atoms with Crippen molar-refractivity contribution < 1.29 is 14.3 Å². The van der Waals surface area contributed by atoms with Crippen molar-refractivity contribution in [2.45, 2.75) is 31.5 Å². The molecule has 6 nitrogen and oxygen atoms in total. The van der Waals surface area contributed by atoms with Crippen LogP contribution in [0.5, 0.6) is 0 Å². The highest BCUT2D eigenvalue weighted by molar-refractivity contribution is 7.09. The lowest BCUT2D eigenvalue weighted by molar-refractivity contribution is -0.0241. The molecule has 0 unspecified atom stereocenters. The predicted molar refractivity (Wildman–Crippen MR) is 117 cm³/mol. The minimum absolute atomic E-state index is 0.141. The summed E-state index contributed by atoms with van der Waals surface area (Å²) in [6.07, 6.45) is 4.46. The lowest BCUT2D eigenvalue weighted by atomic mass is 9.88. The minimum Gasteiger partial charge on any atom is -0.383 e. The van der Waals surface area contributed by atoms with Crippen molar-refractivity contribution in [3.63, 3.8) is 0 Å². The van der Waals surface area contributed by atoms with E-state index in [0.717, 1.165) is 17.1 Å². The Morgan fingerprint density at radius 1 is 1.23 bits per heavy atom. The Kier molecular flexibility index (Phi) is 6.41. The molecule has 4 rings (SSSR count). The molecule has 1 aliphatic rings. The van der Waals surface area contributed by atoms with E-state index in [2.05, 4.69) is 9.88 Å². The predicted octanol–water partition coefficient (Wildman–Crippen LogP) is 3.43. The van der Waals surface area contributed by atoms with Gasteiger partial charge in [-0.25, -0.2) is 9.37 Å². The zero-order valence-corrected chi connectivity index (χ0v) is 18.2. The van der Waals surface area contributed by atoms with Crippen molar-refractivity contribution in [3.05, 3.63) is 81.8 Å². The van der Waals surface area contributed by atoms with Gasteiger partial charge in [0.05, 0.1) is 12.2 Å². The molecule has 0 radical (unpaired) electrons. The van der Waals surface area contributed by atoms with E-state index < -0.39 is 5.60 Å². The first-order chi connectivity index (χ1) is 14.9. The van der Waals surface area contributed by atoms with E-state index in [-0.39, 0.29) is 11.7 Å². The normalized spacial score (nSPS) is 15.9. The summed E-state index contributed by atoms with van der Waals surface area (Å²) >= 11 is 1.54. The summed E-state index contributed by atoms with van der Waals surface area (Å²) in [4.78, 5) is 25.3. The van der Waals surface area contributed by atoms with Crippen molar-refractivity contribution in [3.8, 4) is 0 Å². The highest BCUT2D eigenvalue weighted by Crippen LogP contribution is 2.34. The molecule has 3 heterocycles. The summed E-state index contributed by atoms with van der Waals surface area (Å²) < 4.78 is 13.1. The van der Waals surface area contributed by atoms with Crippen LogP contribution in [0.4, 0.5) is 4.39 Å². The fourth-order valence-electron chi connectivity index (χ4n) is 3.80. The van der Waals surface area contributed by atoms with E-state index >= 15 is 0 Å². The van der Waals surface area contributed by atoms with E-state index in [1.54, 1.807) is 22.4 Å². The Labute approximate surface area is 185 Å². The molecule has 1 N–H and O–H groups in total. The van der Waals surface area contributed by atoms with E-state index in [1.165, 1.54) is 24.3 Å². The van der Waals surface area contributed by atoms with Gasteiger partial charge < -0.3 is 10.0 Å². The standard InChI is InChI=1S/C23H25FN4O2S/c1-27(14-17-3-2-10-25-13-17)15-21-26-20(16-31-21)23(30)8-11-28(12-9-23)22(29)18-4-6-19(24)7-5-18/h2-7,10,13,16,30H,8-9,11-12,14-15H2,1H3. The molecule has 162 valence electrons. The number of benzene rings is 1. The number of aliphatic hydroxyl groups is 1. The van der Waals surface area contributed by atoms with Gasteiger partial charge in [-0.2, -0.15) is 0 Å². The molecule has 3 aromatic rings. The maximum Gasteiger partial charge on any atom is 0.253 e. The number of halogens is 1. The third kappa shape index (κ3) is 5.15. The van der Waals surface area contributed by atoms with E-state index in [9.17, 15) is 14.3 Å². The van der Waals surface area contributed by atoms with Gasteiger partial charge in [-0.1, -0.05) is 6.07 Å². The molecule has 1 saturated heterocycles. The van der Waals surface area contributed by atoms with Crippen molar-refractivity contribution in [2.24, 2.45) is 0 Å². The molecule has 0 spiro atoms. The first-order valence-corrected chi connectivity index (χ1v) is 11.1. The number of carbonyl (C=O) groups is 1. The highest BCUT2D eigenvalue weighted by atomic mass is 32.1. The summed E-state index contributed by atoms with van der Waals surface area (Å²) in [6.45, 7) is 2.32. The summed E-state index contributed by atoms with van der Waals surface area (Å²) in [5, 5.41) is 14.0. The molecule has 1 fully saturated rings. The van der Waals surface area contributed by atoms with E-state index in [1.807, 2.05) is 30.8 Å². The smallest absolute Gasteiger partial charge is 0.253 e. The highest BCUT2D eigenvalue weighted by Gasteiger charge is 2.37. The average Bonchev–Trinajstić information content (AvgIpc) is 3.24. The molecule has 1 aliphatic heterocycles. The van der Waals surface area contributed by atoms with Crippen LogP contribution < -0.4 is 0 Å². The molecule has 1 amide bonds. The van der Waals surface area contributed by atoms with E-state index in [0.29, 0.717) is 43.7 Å². The molecule has 31 heavy (non-hydrogen) atoms. The van der Waals surface area contributed by atoms with Crippen LogP contribution in [0.3, 0.4) is 0 Å². The molecule has 0 atom stereocenters. The van der Waals surface area contributed by atoms with Crippen LogP contribution in [0.25, 0.3) is 0 Å². The maximum absolute atomic E-state index is 13.1. The number of hydrogen-bond donors (Lipinski definition) is 1. The summed E-state index contributed by atoms with van der Waals surface area (Å²) in [5.41, 5.74) is 1.24. The molecular formula is C23H25FN4O2S. The fourth-order valence-corrected chi connectivity index (χ4v) is 4.76. The Morgan fingerprint density at radius 2 is 1.97 bits per heavy atom. The van der Waals surface area contributed by atoms with Gasteiger partial charge in [-0.05, 0) is 55.8 Å². The van der Waals surface area contributed by atoms with Crippen molar-refractivity contribution >= 4 is 17.2 Å². The van der Waals surface area contributed by atoms with Crippen molar-refractivity contribution in [1.29, 1.82) is 0 Å². The van der Waals surface area contributed by atoms with Gasteiger partial charge in [0.15, 0.2) is 0 Å². The second-order valence-corrected chi connectivity index (χ2v) is 8.93. The quantitative estimate of drug-likeness (QED) is 0.636. The number of rotatable bonds is 6. The monoisotopic (exact) mass is 440 g/mol. The van der Waals surface area contributed by atoms with Gasteiger partial charge in [0, 0.05) is 43.0 Å². The molecular weight excluding hydrogens is 415 g/mol. The van der Waals surface area contributed by atoms with Crippen LogP contribution in [-0.4, -0.2) is 50.9 Å². The maximum atomic E-state index is 13.1. The molecule has 0 bridgehead atoms. The van der Waals surface area contributed by atoms with E-state index in [4.69, 9.17) is 4.98 Å². The lowest BCUT2D eigenvalue weighted by Gasteiger charge is -2.37. The van der Waals surface area contributed by atoms with Crippen LogP contribution in [0.2, 0.25) is 0 Å². The number of likely N-dealkylation sites (tertiary alicyclic amines) is 1. The number of thiazole rings is 1. The number of pyridine rings is 1. The van der Waals surface area contributed by atoms with Crippen LogP contribution in [0, 0.1) is 5.82 Å². The molecule has 1 aromatic carbocycles. The number of nitrogens with zero attached hydrogens (tertiary/aromatic N) is 4. The number of piperidine rings is 1. The number of amides is 1. The van der Waals surface area contributed by atoms with Crippen LogP contribution >= 0.6 is 11.3 Å². The van der Waals surface area contributed by atoms with Crippen LogP contribution in [0.15, 0.2) is 54.2 Å². The van der Waals surface area contributed by atoms with Gasteiger partial charge in [-0.15, -0.1) is 11.3 Å². The van der Waals surface area contributed by atoms with Crippen molar-refractivity contribution in [2.75, 3.05) is 20.1 Å². The summed E-state index contributed by atoms with van der Waals surface area (Å²) in [7, 11) is 2.03. The van der Waals surface area contributed by atoms with Crippen LogP contribution in [-0.2, 0) is 18.7 Å². The Bertz CT molecular complexity index is 1020. The number of carbonyl (C=O) groups excluding carboxylic acids is 1. The second kappa shape index (κ2) is 9.21. The SMILES string of the molecule is CN(Cc1cccnc1)Cc1nc(C2(O)CCN(C(=O)c3ccc(F)cc3)CC2)cs1. The first kappa shape index (κ1) is 21.5. The topological polar surface area (TPSA) is 69.6 Å². The summed E-state index contributed by atoms with van der Waals surface area (Å²) in [6, 6.07) is 9.53. The van der Waals surface area contributed by atoms with Gasteiger partial charge >= 0.3 is 0 Å². The second-order valence-electron chi connectivity index (χ2n) is 7.99. The largest absolute Gasteiger partial charge is 0.383 e. The van der Waals surface area contributed by atoms with Gasteiger partial charge in [0.25, 0.3) is 5.91 Å². The van der Waals surface area contributed by atoms with Gasteiger partial charge in [0.1, 0.15) is 16.4 Å². The van der Waals surface area contributed by atoms with Gasteiger partial charge in [-0.3, -0.25) is 14.7 Å². The minimum atomic E-state index is -1.03. The Balaban J connectivity index is 1.34. The van der Waals surface area contributed by atoms with Crippen molar-refractivity contribution in [1.82, 2.24) is 19.8 Å².